The number of nitrogens with zero attached hydrogens (tertiary/aromatic N) is 1. The number of aromatic nitrogens is 1. The third kappa shape index (κ3) is 1.84. The number of hydrogen-bond acceptors (Lipinski definition) is 3. The summed E-state index contributed by atoms with van der Waals surface area (Å²) in [6.07, 6.45) is 0. The fraction of sp³-hybridized carbons (Fsp3) is 0.0714. The highest BCUT2D eigenvalue weighted by atomic mass is 32.1. The number of fused-ring (bicyclic) bond motifs is 1. The van der Waals surface area contributed by atoms with Crippen molar-refractivity contribution in [3.63, 3.8) is 0 Å². The van der Waals surface area contributed by atoms with Crippen LogP contribution in [0.4, 0.5) is 0 Å². The molecule has 17 heavy (non-hydrogen) atoms. The van der Waals surface area contributed by atoms with E-state index < -0.39 is 0 Å². The molecule has 3 rings (SSSR count). The maximum Gasteiger partial charge on any atom is 0.0813 e. The SMILES string of the molecule is OCc1cc(-c2cccs2)nc2ccccc12. The van der Waals surface area contributed by atoms with Gasteiger partial charge in [0.05, 0.1) is 22.7 Å². The summed E-state index contributed by atoms with van der Waals surface area (Å²) in [5.41, 5.74) is 2.80. The van der Waals surface area contributed by atoms with Crippen molar-refractivity contribution in [1.29, 1.82) is 0 Å². The Hall–Kier alpha value is -1.71. The lowest BCUT2D eigenvalue weighted by Gasteiger charge is -2.06. The summed E-state index contributed by atoms with van der Waals surface area (Å²) in [5, 5.41) is 12.5. The van der Waals surface area contributed by atoms with Crippen molar-refractivity contribution in [2.24, 2.45) is 0 Å². The van der Waals surface area contributed by atoms with Gasteiger partial charge in [-0.3, -0.25) is 0 Å². The summed E-state index contributed by atoms with van der Waals surface area (Å²) in [6.45, 7) is 0.0431. The normalized spacial score (nSPS) is 10.9. The number of aliphatic hydroxyl groups is 1. The molecule has 2 aromatic heterocycles. The lowest BCUT2D eigenvalue weighted by Crippen LogP contribution is -1.91. The van der Waals surface area contributed by atoms with Gasteiger partial charge in [0.15, 0.2) is 0 Å². The number of hydrogen-bond donors (Lipinski definition) is 1. The van der Waals surface area contributed by atoms with E-state index in [2.05, 4.69) is 4.98 Å². The van der Waals surface area contributed by atoms with E-state index in [1.165, 1.54) is 0 Å². The zero-order valence-electron chi connectivity index (χ0n) is 9.13. The lowest BCUT2D eigenvalue weighted by molar-refractivity contribution is 0.283. The first-order valence-electron chi connectivity index (χ1n) is 5.42. The monoisotopic (exact) mass is 241 g/mol. The molecule has 0 spiro atoms. The molecule has 2 nitrogen and oxygen atoms in total. The molecule has 3 aromatic rings. The highest BCUT2D eigenvalue weighted by molar-refractivity contribution is 7.13. The highest BCUT2D eigenvalue weighted by Gasteiger charge is 2.06. The van der Waals surface area contributed by atoms with E-state index in [0.717, 1.165) is 27.0 Å². The zero-order valence-corrected chi connectivity index (χ0v) is 9.95. The van der Waals surface area contributed by atoms with Crippen molar-refractivity contribution in [3.8, 4) is 10.6 Å². The number of rotatable bonds is 2. The maximum atomic E-state index is 9.43. The minimum atomic E-state index is 0.0431. The molecule has 0 saturated carbocycles. The fourth-order valence-corrected chi connectivity index (χ4v) is 2.62. The average molecular weight is 241 g/mol. The van der Waals surface area contributed by atoms with Crippen molar-refractivity contribution in [3.05, 3.63) is 53.4 Å². The molecule has 0 saturated heterocycles. The maximum absolute atomic E-state index is 9.43. The topological polar surface area (TPSA) is 33.1 Å². The van der Waals surface area contributed by atoms with Crippen LogP contribution in [0.15, 0.2) is 47.8 Å². The molecular weight excluding hydrogens is 230 g/mol. The van der Waals surface area contributed by atoms with Crippen molar-refractivity contribution < 1.29 is 5.11 Å². The number of benzene rings is 1. The van der Waals surface area contributed by atoms with Crippen molar-refractivity contribution >= 4 is 22.2 Å². The molecule has 1 aromatic carbocycles. The van der Waals surface area contributed by atoms with Gasteiger partial charge in [0.1, 0.15) is 0 Å². The predicted octanol–water partition coefficient (Wildman–Crippen LogP) is 3.46. The minimum absolute atomic E-state index is 0.0431. The van der Waals surface area contributed by atoms with Gasteiger partial charge in [0, 0.05) is 5.39 Å². The molecule has 0 bridgehead atoms. The Kier molecular flexibility index (Phi) is 2.63. The van der Waals surface area contributed by atoms with E-state index in [9.17, 15) is 5.11 Å². The molecular formula is C14H11NOS. The largest absolute Gasteiger partial charge is 0.392 e. The van der Waals surface area contributed by atoms with Gasteiger partial charge in [-0.25, -0.2) is 4.98 Å². The van der Waals surface area contributed by atoms with E-state index in [4.69, 9.17) is 0 Å². The van der Waals surface area contributed by atoms with Crippen LogP contribution in [0.1, 0.15) is 5.56 Å². The highest BCUT2D eigenvalue weighted by Crippen LogP contribution is 2.27. The van der Waals surface area contributed by atoms with Crippen LogP contribution in [-0.4, -0.2) is 10.1 Å². The summed E-state index contributed by atoms with van der Waals surface area (Å²) < 4.78 is 0. The first-order chi connectivity index (χ1) is 8.38. The quantitative estimate of drug-likeness (QED) is 0.745. The third-order valence-corrected chi connectivity index (χ3v) is 3.64. The van der Waals surface area contributed by atoms with E-state index >= 15 is 0 Å². The molecule has 2 heterocycles. The van der Waals surface area contributed by atoms with Crippen molar-refractivity contribution in [2.75, 3.05) is 0 Å². The van der Waals surface area contributed by atoms with Crippen LogP contribution in [0, 0.1) is 0 Å². The molecule has 0 fully saturated rings. The molecule has 0 amide bonds. The lowest BCUT2D eigenvalue weighted by atomic mass is 10.1. The number of aliphatic hydroxyl groups excluding tert-OH is 1. The van der Waals surface area contributed by atoms with Crippen LogP contribution < -0.4 is 0 Å². The van der Waals surface area contributed by atoms with Crippen molar-refractivity contribution in [2.45, 2.75) is 6.61 Å². The zero-order chi connectivity index (χ0) is 11.7. The standard InChI is InChI=1S/C14H11NOS/c16-9-10-8-13(14-6-3-7-17-14)15-12-5-2-1-4-11(10)12/h1-8,16H,9H2. The second-order valence-corrected chi connectivity index (χ2v) is 4.77. The van der Waals surface area contributed by atoms with Gasteiger partial charge >= 0.3 is 0 Å². The average Bonchev–Trinajstić information content (AvgIpc) is 2.91. The van der Waals surface area contributed by atoms with E-state index in [1.807, 2.05) is 47.8 Å². The van der Waals surface area contributed by atoms with Crippen LogP contribution in [0.2, 0.25) is 0 Å². The summed E-state index contributed by atoms with van der Waals surface area (Å²) in [7, 11) is 0. The predicted molar refractivity (Wildman–Crippen MR) is 71.0 cm³/mol. The van der Waals surface area contributed by atoms with Crippen LogP contribution in [0.25, 0.3) is 21.5 Å². The number of para-hydroxylation sites is 1. The first-order valence-corrected chi connectivity index (χ1v) is 6.30. The van der Waals surface area contributed by atoms with Crippen LogP contribution >= 0.6 is 11.3 Å². The molecule has 0 aliphatic heterocycles. The number of pyridine rings is 1. The Balaban J connectivity index is 2.28. The van der Waals surface area contributed by atoms with Gasteiger partial charge in [-0.1, -0.05) is 24.3 Å². The van der Waals surface area contributed by atoms with Crippen molar-refractivity contribution in [1.82, 2.24) is 4.98 Å². The van der Waals surface area contributed by atoms with Gasteiger partial charge in [-0.2, -0.15) is 0 Å². The van der Waals surface area contributed by atoms with Gasteiger partial charge in [-0.15, -0.1) is 11.3 Å². The Morgan fingerprint density at radius 2 is 2.00 bits per heavy atom. The molecule has 0 radical (unpaired) electrons. The molecule has 3 heteroatoms. The Morgan fingerprint density at radius 3 is 2.76 bits per heavy atom. The van der Waals surface area contributed by atoms with Crippen LogP contribution in [0.3, 0.4) is 0 Å². The molecule has 1 N–H and O–H groups in total. The molecule has 0 unspecified atom stereocenters. The van der Waals surface area contributed by atoms with Gasteiger partial charge in [0.2, 0.25) is 0 Å². The molecule has 0 aliphatic rings. The molecule has 0 atom stereocenters. The van der Waals surface area contributed by atoms with E-state index in [-0.39, 0.29) is 6.61 Å². The summed E-state index contributed by atoms with van der Waals surface area (Å²) >= 11 is 1.66. The van der Waals surface area contributed by atoms with E-state index in [0.29, 0.717) is 0 Å². The molecule has 0 aliphatic carbocycles. The van der Waals surface area contributed by atoms with Gasteiger partial charge < -0.3 is 5.11 Å². The van der Waals surface area contributed by atoms with Gasteiger partial charge in [0.25, 0.3) is 0 Å². The van der Waals surface area contributed by atoms with Crippen LogP contribution in [0.5, 0.6) is 0 Å². The number of thiophene rings is 1. The smallest absolute Gasteiger partial charge is 0.0813 e. The first kappa shape index (κ1) is 10.4. The van der Waals surface area contributed by atoms with Gasteiger partial charge in [-0.05, 0) is 29.1 Å². The summed E-state index contributed by atoms with van der Waals surface area (Å²) in [6, 6.07) is 13.9. The Labute approximate surface area is 103 Å². The second kappa shape index (κ2) is 4.28. The Bertz CT molecular complexity index is 646. The third-order valence-electron chi connectivity index (χ3n) is 2.75. The fourth-order valence-electron chi connectivity index (χ4n) is 1.93. The van der Waals surface area contributed by atoms with Crippen LogP contribution in [-0.2, 0) is 6.61 Å². The summed E-state index contributed by atoms with van der Waals surface area (Å²) in [4.78, 5) is 5.76. The second-order valence-electron chi connectivity index (χ2n) is 3.82. The van der Waals surface area contributed by atoms with E-state index in [1.54, 1.807) is 11.3 Å². The molecule has 84 valence electrons. The Morgan fingerprint density at radius 1 is 1.12 bits per heavy atom. The summed E-state index contributed by atoms with van der Waals surface area (Å²) in [5.74, 6) is 0. The minimum Gasteiger partial charge on any atom is -0.392 e.